The van der Waals surface area contributed by atoms with Gasteiger partial charge in [0.05, 0.1) is 14.2 Å². The molecule has 8 aliphatic rings. The SMILES string of the molecule is CC(C)(C)C1=C[C@@H](C(C)(C)C)C=C1.CC1=C[C@@H](C)C(C)=C1C.CC1=C[C@H](C)C(C)=C1C.CCCCCCCC1C(C)=C(C)C(C)=C1C.CCCCCCCC1C(C)=C(C)C(C)=C1C.COC(=O)CCCCC1C(C)=C(C)C(C)=C1C.COC(=O)CCCCC1C(C)=C(C)C(C)=C1C.C[n+]1ccc(-c2cc[n+](CCC[C@H]3C=C(C(C)(C)C)C=C3C(C)(C)C)cc2)cc1.F[B-](F)(F)F.F[B-](F)(F)F.[CH2]=[Fe]=[CH2].[CH2]=[Fe]=[CH2].[CH2]=[Fe]=[CH2].[CH2]=[Fe]=[CH2]. The first-order valence-corrected chi connectivity index (χ1v) is 59.7. The zero-order valence-corrected chi connectivity index (χ0v) is 105. The molecule has 0 unspecified atom stereocenters. The van der Waals surface area contributed by atoms with E-state index in [1.165, 1.54) is 204 Å². The van der Waals surface area contributed by atoms with Crippen LogP contribution < -0.4 is 9.13 Å². The first kappa shape index (κ1) is 148. The van der Waals surface area contributed by atoms with Crippen LogP contribution in [0.15, 0.2) is 231 Å². The molecule has 2 heterocycles. The quantitative estimate of drug-likeness (QED) is 0.0294. The van der Waals surface area contributed by atoms with Crippen LogP contribution in [0.1, 0.15) is 404 Å². The Morgan fingerprint density at radius 1 is 0.351 bits per heavy atom. The van der Waals surface area contributed by atoms with Gasteiger partial charge in [0.2, 0.25) is 0 Å². The molecule has 0 amide bonds. The number of carbonyl (C=O) groups is 2. The monoisotopic (exact) mass is 2240 g/mol. The number of nitrogens with zero attached hydrogens (tertiary/aromatic N) is 2. The third kappa shape index (κ3) is 59.4. The van der Waals surface area contributed by atoms with Crippen molar-refractivity contribution in [3.05, 3.63) is 231 Å². The van der Waals surface area contributed by atoms with Crippen LogP contribution >= 0.6 is 0 Å². The van der Waals surface area contributed by atoms with Crippen LogP contribution in [0.4, 0.5) is 34.5 Å². The van der Waals surface area contributed by atoms with Gasteiger partial charge in [-0.1, -0.05) is 303 Å². The fourth-order valence-corrected chi connectivity index (χ4v) is 19.0. The van der Waals surface area contributed by atoms with Crippen molar-refractivity contribution in [2.45, 2.75) is 411 Å². The molecule has 0 bridgehead atoms. The van der Waals surface area contributed by atoms with Crippen LogP contribution in [0.3, 0.4) is 0 Å². The van der Waals surface area contributed by atoms with Gasteiger partial charge in [-0.2, -0.15) is 0 Å². The van der Waals surface area contributed by atoms with Crippen molar-refractivity contribution in [2.75, 3.05) is 14.2 Å². The van der Waals surface area contributed by atoms with Gasteiger partial charge >= 0.3 is 126 Å². The maximum atomic E-state index is 11.0. The van der Waals surface area contributed by atoms with Crippen molar-refractivity contribution in [2.24, 2.45) is 76.1 Å². The van der Waals surface area contributed by atoms with Crippen molar-refractivity contribution in [3.63, 3.8) is 0 Å². The number of aromatic nitrogens is 2. The Kier molecular flexibility index (Phi) is 75.5. The predicted octanol–water partition coefficient (Wildman–Crippen LogP) is 37.5. The average Bonchev–Trinajstić information content (AvgIpc) is 1.65. The number of esters is 2. The molecular formula is C128H208B2F8Fe4N2O4. The molecule has 10 rings (SSSR count). The molecule has 848 valence electrons. The third-order valence-corrected chi connectivity index (χ3v) is 30.5. The van der Waals surface area contributed by atoms with Crippen LogP contribution in [0.25, 0.3) is 11.1 Å². The summed E-state index contributed by atoms with van der Waals surface area (Å²) in [6, 6.07) is 8.78. The number of methoxy groups -OCH3 is 2. The fraction of sp³-hybridized carbons (Fsp3) is 0.594. The maximum absolute atomic E-state index is 11.0. The summed E-state index contributed by atoms with van der Waals surface area (Å²) in [6.07, 6.45) is 51.9. The number of carbonyl (C=O) groups excluding carboxylic acids is 2. The van der Waals surface area contributed by atoms with E-state index in [-0.39, 0.29) is 22.8 Å². The van der Waals surface area contributed by atoms with E-state index in [4.69, 9.17) is 0 Å². The van der Waals surface area contributed by atoms with Gasteiger partial charge in [-0.25, -0.2) is 9.13 Å². The summed E-state index contributed by atoms with van der Waals surface area (Å²) in [4.78, 5) is 22.0. The summed E-state index contributed by atoms with van der Waals surface area (Å²) < 4.78 is 91.7. The standard InChI is InChI=1S/C27H38N2.2C16H28.2C15H24O2.C13H22.2C9H14.8CH2.2BF4.4Fe/c1-26(2,3)24-19-23(25(20-24)27(4,5)6)9-8-14-29-17-12-22(13-18-29)21-10-15-28(7)16-11-21;2*1-6-7-8-9-10-11-16-14(4)12(2)13(3)15(16)5;2*1-10-11(2)13(4)14(12(10)3)8-6-7-9-15(16)17-5;1-12(2,3)10-7-8-11(9-10)13(4,5)6;2*1-6-5-7(2)9(4)8(6)3;;;;;;;;;2*2-1(3,4)5;;;;/h10-13,15-20,23H,8-9,14H2,1-7H3;2*16H,6-11H2,1-5H3;2*14H,6-9H2,1-5H3;7-10H,1-6H3;2*5-6H,1-4H3;8*1H2;;;;;;/q+2;;;;;;;;;;;;;;;;2*-1;;;;/t23-;;;;;10-;2*6-;;;;;;;;;;;;;;/m0....010............../s1. The van der Waals surface area contributed by atoms with E-state index in [9.17, 15) is 44.1 Å². The van der Waals surface area contributed by atoms with Gasteiger partial charge in [0.15, 0.2) is 24.8 Å². The van der Waals surface area contributed by atoms with Crippen LogP contribution in [-0.2, 0) is 89.0 Å². The van der Waals surface area contributed by atoms with Gasteiger partial charge in [-0.3, -0.25) is 9.59 Å². The number of ether oxygens (including phenoxy) is 2. The van der Waals surface area contributed by atoms with Crippen LogP contribution in [0, 0.1) is 69.0 Å². The molecule has 148 heavy (non-hydrogen) atoms. The van der Waals surface area contributed by atoms with Crippen molar-refractivity contribution < 1.29 is 119 Å². The normalized spacial score (nSPS) is 17.8. The number of pyridine rings is 2. The fourth-order valence-electron chi connectivity index (χ4n) is 19.0. The Morgan fingerprint density at radius 3 is 0.824 bits per heavy atom. The summed E-state index contributed by atoms with van der Waals surface area (Å²) in [5.74, 6) is 5.11. The molecule has 0 saturated heterocycles. The molecule has 4 atom stereocenters. The zero-order valence-electron chi connectivity index (χ0n) is 101. The van der Waals surface area contributed by atoms with E-state index < -0.39 is 14.5 Å². The van der Waals surface area contributed by atoms with Gasteiger partial charge in [0, 0.05) is 73.1 Å². The van der Waals surface area contributed by atoms with Crippen molar-refractivity contribution in [1.29, 1.82) is 0 Å². The molecular weight excluding hydrogens is 2030 g/mol. The van der Waals surface area contributed by atoms with Crippen LogP contribution in [0.2, 0.25) is 0 Å². The second-order valence-electron chi connectivity index (χ2n) is 45.0. The molecule has 0 aromatic carbocycles. The van der Waals surface area contributed by atoms with Crippen molar-refractivity contribution in [1.82, 2.24) is 0 Å². The molecule has 0 fully saturated rings. The molecule has 2 aromatic rings. The van der Waals surface area contributed by atoms with Gasteiger partial charge in [0.1, 0.15) is 13.6 Å². The van der Waals surface area contributed by atoms with Gasteiger partial charge < -0.3 is 44.0 Å². The summed E-state index contributed by atoms with van der Waals surface area (Å²) in [5, 5.41) is 0. The van der Waals surface area contributed by atoms with E-state index >= 15 is 0 Å². The molecule has 6 nitrogen and oxygen atoms in total. The molecule has 0 saturated carbocycles. The molecule has 0 spiro atoms. The van der Waals surface area contributed by atoms with E-state index in [0.29, 0.717) is 59.2 Å². The first-order valence-electron chi connectivity index (χ1n) is 53.5. The Bertz CT molecular complexity index is 4810. The Hall–Kier alpha value is -6.31. The molecule has 2 aromatic heterocycles. The molecule has 0 aliphatic heterocycles. The minimum atomic E-state index is -6.00. The summed E-state index contributed by atoms with van der Waals surface area (Å²) >= 11 is 3.00. The second kappa shape index (κ2) is 75.5. The number of hydrogen-bond acceptors (Lipinski definition) is 4. The van der Waals surface area contributed by atoms with E-state index in [1.54, 1.807) is 50.2 Å². The van der Waals surface area contributed by atoms with Crippen LogP contribution in [-0.4, -0.2) is 84.1 Å². The Labute approximate surface area is 924 Å². The van der Waals surface area contributed by atoms with Gasteiger partial charge in [-0.05, 0) is 315 Å². The van der Waals surface area contributed by atoms with E-state index in [2.05, 4.69) is 417 Å². The van der Waals surface area contributed by atoms with Crippen molar-refractivity contribution in [3.8, 4) is 11.1 Å². The van der Waals surface area contributed by atoms with Gasteiger partial charge in [0.25, 0.3) is 0 Å². The molecule has 20 heteroatoms. The molecule has 8 aliphatic carbocycles. The molecule has 0 N–H and O–H groups in total. The van der Waals surface area contributed by atoms with E-state index in [1.807, 2.05) is 7.05 Å². The second-order valence-corrected chi connectivity index (χ2v) is 47.2. The van der Waals surface area contributed by atoms with Crippen molar-refractivity contribution >= 4 is 69.8 Å². The predicted molar refractivity (Wildman–Crippen MR) is 629 cm³/mol. The average molecular weight is 2240 g/mol. The summed E-state index contributed by atoms with van der Waals surface area (Å²) in [6.45, 7) is 87.3. The molecule has 0 radical (unpaired) electrons. The Balaban J connectivity index is -0.000000792. The first-order chi connectivity index (χ1) is 68.3. The number of hydrogen-bond donors (Lipinski definition) is 0. The summed E-state index contributed by atoms with van der Waals surface area (Å²) in [7, 11) is -7.05. The number of allylic oxidation sites excluding steroid dienone is 32. The van der Waals surface area contributed by atoms with E-state index in [0.717, 1.165) is 113 Å². The topological polar surface area (TPSA) is 60.4 Å². The number of aryl methyl sites for hydroxylation is 2. The number of halogens is 8. The van der Waals surface area contributed by atoms with Gasteiger partial charge in [-0.15, -0.1) is 0 Å². The van der Waals surface area contributed by atoms with Crippen LogP contribution in [0.5, 0.6) is 0 Å². The Morgan fingerprint density at radius 2 is 0.615 bits per heavy atom. The summed E-state index contributed by atoms with van der Waals surface area (Å²) in [5.41, 5.74) is 68.8. The number of rotatable bonds is 27. The number of unbranched alkanes of at least 4 members (excludes halogenated alkanes) is 10. The minimum absolute atomic E-state index is 0.0942. The third-order valence-electron chi connectivity index (χ3n) is 30.5. The zero-order chi connectivity index (χ0) is 116.